The Bertz CT molecular complexity index is 554. The van der Waals surface area contributed by atoms with Crippen molar-refractivity contribution in [2.24, 2.45) is 0 Å². The Morgan fingerprint density at radius 1 is 1.48 bits per heavy atom. The van der Waals surface area contributed by atoms with Gasteiger partial charge in [-0.1, -0.05) is 12.1 Å². The summed E-state index contributed by atoms with van der Waals surface area (Å²) < 4.78 is 18.3. The van der Waals surface area contributed by atoms with Crippen molar-refractivity contribution >= 4 is 17.9 Å². The molecule has 0 radical (unpaired) electrons. The van der Waals surface area contributed by atoms with Gasteiger partial charge in [-0.15, -0.1) is 0 Å². The van der Waals surface area contributed by atoms with Gasteiger partial charge in [-0.25, -0.2) is 4.39 Å². The number of hydrogen-bond acceptors (Lipinski definition) is 3. The zero-order chi connectivity index (χ0) is 15.2. The molecule has 0 aromatic heterocycles. The first kappa shape index (κ1) is 15.2. The fraction of sp³-hybridized carbons (Fsp3) is 0.333. The summed E-state index contributed by atoms with van der Waals surface area (Å²) in [7, 11) is 1.54. The molecule has 6 heteroatoms. The molecule has 0 atom stereocenters. The number of ether oxygens (including phenoxy) is 1. The van der Waals surface area contributed by atoms with Crippen LogP contribution in [0.2, 0.25) is 0 Å². The molecule has 0 bridgehead atoms. The number of rotatable bonds is 5. The van der Waals surface area contributed by atoms with E-state index >= 15 is 0 Å². The van der Waals surface area contributed by atoms with Crippen LogP contribution in [0.1, 0.15) is 5.56 Å². The normalized spacial score (nSPS) is 15.0. The monoisotopic (exact) mass is 292 g/mol. The molecule has 0 aliphatic carbocycles. The van der Waals surface area contributed by atoms with Gasteiger partial charge >= 0.3 is 0 Å². The lowest BCUT2D eigenvalue weighted by Gasteiger charge is -2.38. The van der Waals surface area contributed by atoms with Crippen LogP contribution < -0.4 is 5.32 Å². The summed E-state index contributed by atoms with van der Waals surface area (Å²) >= 11 is 0. The SMILES string of the molecule is CNC(=O)COC1CN(C(=O)C=Cc2cccc(F)c2)C1. The van der Waals surface area contributed by atoms with Crippen molar-refractivity contribution in [3.63, 3.8) is 0 Å². The number of carbonyl (C=O) groups is 2. The van der Waals surface area contributed by atoms with Crippen LogP contribution in [0.3, 0.4) is 0 Å². The van der Waals surface area contributed by atoms with Crippen molar-refractivity contribution in [1.29, 1.82) is 0 Å². The zero-order valence-electron chi connectivity index (χ0n) is 11.7. The average molecular weight is 292 g/mol. The highest BCUT2D eigenvalue weighted by molar-refractivity contribution is 5.92. The quantitative estimate of drug-likeness (QED) is 0.817. The lowest BCUT2D eigenvalue weighted by molar-refractivity contribution is -0.143. The number of amides is 2. The van der Waals surface area contributed by atoms with Crippen LogP contribution in [0, 0.1) is 5.82 Å². The summed E-state index contributed by atoms with van der Waals surface area (Å²) in [5.41, 5.74) is 0.635. The first-order chi connectivity index (χ1) is 10.1. The second-order valence-electron chi connectivity index (χ2n) is 4.74. The van der Waals surface area contributed by atoms with Gasteiger partial charge in [0, 0.05) is 26.2 Å². The topological polar surface area (TPSA) is 58.6 Å². The Hall–Kier alpha value is -2.21. The van der Waals surface area contributed by atoms with Crippen LogP contribution in [0.25, 0.3) is 6.08 Å². The molecule has 0 spiro atoms. The van der Waals surface area contributed by atoms with Crippen molar-refractivity contribution in [3.05, 3.63) is 41.7 Å². The third kappa shape index (κ3) is 4.39. The fourth-order valence-electron chi connectivity index (χ4n) is 1.87. The molecule has 1 aromatic rings. The van der Waals surface area contributed by atoms with Gasteiger partial charge < -0.3 is 15.0 Å². The van der Waals surface area contributed by atoms with Crippen molar-refractivity contribution in [1.82, 2.24) is 10.2 Å². The van der Waals surface area contributed by atoms with E-state index in [4.69, 9.17) is 4.74 Å². The molecule has 1 aliphatic rings. The summed E-state index contributed by atoms with van der Waals surface area (Å²) in [5.74, 6) is -0.680. The van der Waals surface area contributed by atoms with E-state index in [2.05, 4.69) is 5.32 Å². The highest BCUT2D eigenvalue weighted by Crippen LogP contribution is 2.13. The summed E-state index contributed by atoms with van der Waals surface area (Å²) in [6.45, 7) is 0.926. The van der Waals surface area contributed by atoms with Crippen LogP contribution in [0.4, 0.5) is 4.39 Å². The number of carbonyl (C=O) groups excluding carboxylic acids is 2. The highest BCUT2D eigenvalue weighted by Gasteiger charge is 2.30. The Morgan fingerprint density at radius 2 is 2.24 bits per heavy atom. The molecule has 112 valence electrons. The van der Waals surface area contributed by atoms with Crippen LogP contribution in [-0.4, -0.2) is 49.6 Å². The second kappa shape index (κ2) is 6.99. The lowest BCUT2D eigenvalue weighted by atomic mass is 10.1. The molecule has 1 aromatic carbocycles. The van der Waals surface area contributed by atoms with Gasteiger partial charge in [0.25, 0.3) is 0 Å². The standard InChI is InChI=1S/C15H17FN2O3/c1-17-14(19)10-21-13-8-18(9-13)15(20)6-5-11-3-2-4-12(16)7-11/h2-7,13H,8-10H2,1H3,(H,17,19). The van der Waals surface area contributed by atoms with E-state index < -0.39 is 0 Å². The smallest absolute Gasteiger partial charge is 0.246 e. The first-order valence-corrected chi connectivity index (χ1v) is 6.63. The maximum absolute atomic E-state index is 13.0. The number of likely N-dealkylation sites (N-methyl/N-ethyl adjacent to an activating group) is 1. The van der Waals surface area contributed by atoms with Crippen LogP contribution >= 0.6 is 0 Å². The van der Waals surface area contributed by atoms with E-state index in [1.807, 2.05) is 0 Å². The van der Waals surface area contributed by atoms with Gasteiger partial charge in [-0.05, 0) is 23.8 Å². The maximum atomic E-state index is 13.0. The second-order valence-corrected chi connectivity index (χ2v) is 4.74. The molecule has 0 unspecified atom stereocenters. The van der Waals surface area contributed by atoms with Gasteiger partial charge in [0.1, 0.15) is 12.4 Å². The van der Waals surface area contributed by atoms with E-state index in [1.165, 1.54) is 18.2 Å². The van der Waals surface area contributed by atoms with Crippen LogP contribution in [-0.2, 0) is 14.3 Å². The molecule has 1 N–H and O–H groups in total. The van der Waals surface area contributed by atoms with E-state index in [1.54, 1.807) is 30.2 Å². The Kier molecular flexibility index (Phi) is 5.05. The van der Waals surface area contributed by atoms with Gasteiger partial charge in [0.15, 0.2) is 0 Å². The first-order valence-electron chi connectivity index (χ1n) is 6.63. The fourth-order valence-corrected chi connectivity index (χ4v) is 1.87. The van der Waals surface area contributed by atoms with Gasteiger partial charge in [-0.3, -0.25) is 9.59 Å². The molecule has 1 saturated heterocycles. The Balaban J connectivity index is 1.75. The number of likely N-dealkylation sites (tertiary alicyclic amines) is 1. The van der Waals surface area contributed by atoms with Crippen molar-refractivity contribution in [2.75, 3.05) is 26.7 Å². The predicted molar refractivity (Wildman–Crippen MR) is 75.8 cm³/mol. The molecule has 0 saturated carbocycles. The van der Waals surface area contributed by atoms with Gasteiger partial charge in [-0.2, -0.15) is 0 Å². The molecule has 1 heterocycles. The number of benzene rings is 1. The summed E-state index contributed by atoms with van der Waals surface area (Å²) in [6, 6.07) is 6.02. The lowest BCUT2D eigenvalue weighted by Crippen LogP contribution is -2.54. The highest BCUT2D eigenvalue weighted by atomic mass is 19.1. The van der Waals surface area contributed by atoms with Crippen LogP contribution in [0.15, 0.2) is 30.3 Å². The summed E-state index contributed by atoms with van der Waals surface area (Å²) in [5, 5.41) is 2.46. The molecule has 2 rings (SSSR count). The van der Waals surface area contributed by atoms with E-state index in [0.29, 0.717) is 18.7 Å². The maximum Gasteiger partial charge on any atom is 0.246 e. The third-order valence-corrected chi connectivity index (χ3v) is 3.16. The van der Waals surface area contributed by atoms with Crippen molar-refractivity contribution in [2.45, 2.75) is 6.10 Å². The van der Waals surface area contributed by atoms with Crippen LogP contribution in [0.5, 0.6) is 0 Å². The molecule has 1 aliphatic heterocycles. The number of halogens is 1. The van der Waals surface area contributed by atoms with E-state index in [0.717, 1.165) is 0 Å². The largest absolute Gasteiger partial charge is 0.365 e. The minimum absolute atomic E-state index is 0.00231. The molecule has 1 fully saturated rings. The Morgan fingerprint density at radius 3 is 2.90 bits per heavy atom. The van der Waals surface area contributed by atoms with E-state index in [9.17, 15) is 14.0 Å². The molecular weight excluding hydrogens is 275 g/mol. The number of nitrogens with zero attached hydrogens (tertiary/aromatic N) is 1. The third-order valence-electron chi connectivity index (χ3n) is 3.16. The Labute approximate surface area is 122 Å². The van der Waals surface area contributed by atoms with Crippen molar-refractivity contribution < 1.29 is 18.7 Å². The molecule has 21 heavy (non-hydrogen) atoms. The number of nitrogens with one attached hydrogen (secondary N) is 1. The number of hydrogen-bond donors (Lipinski definition) is 1. The minimum atomic E-state index is -0.337. The van der Waals surface area contributed by atoms with Gasteiger partial charge in [0.2, 0.25) is 11.8 Å². The van der Waals surface area contributed by atoms with E-state index in [-0.39, 0.29) is 30.3 Å². The zero-order valence-corrected chi connectivity index (χ0v) is 11.7. The summed E-state index contributed by atoms with van der Waals surface area (Å²) in [6.07, 6.45) is 2.88. The molecule has 2 amide bonds. The predicted octanol–water partition coefficient (Wildman–Crippen LogP) is 0.812. The van der Waals surface area contributed by atoms with Crippen molar-refractivity contribution in [3.8, 4) is 0 Å². The average Bonchev–Trinajstić information content (AvgIpc) is 2.43. The molecular formula is C15H17FN2O3. The summed E-state index contributed by atoms with van der Waals surface area (Å²) in [4.78, 5) is 24.4. The minimum Gasteiger partial charge on any atom is -0.365 e. The molecule has 5 nitrogen and oxygen atoms in total. The van der Waals surface area contributed by atoms with Gasteiger partial charge in [0.05, 0.1) is 6.10 Å².